The molecule has 2 atom stereocenters. The Morgan fingerprint density at radius 3 is 2.50 bits per heavy atom. The van der Waals surface area contributed by atoms with Crippen molar-refractivity contribution in [2.24, 2.45) is 11.8 Å². The predicted molar refractivity (Wildman–Crippen MR) is 92.8 cm³/mol. The zero-order chi connectivity index (χ0) is 15.9. The molecule has 2 aliphatic rings. The quantitative estimate of drug-likeness (QED) is 0.805. The smallest absolute Gasteiger partial charge is 0.222 e. The Bertz CT molecular complexity index is 336. The minimum absolute atomic E-state index is 0.367. The summed E-state index contributed by atoms with van der Waals surface area (Å²) in [6, 6.07) is 1.21. The molecule has 3 heteroatoms. The van der Waals surface area contributed by atoms with E-state index in [2.05, 4.69) is 31.0 Å². The molecule has 1 aliphatic carbocycles. The van der Waals surface area contributed by atoms with E-state index < -0.39 is 0 Å². The molecule has 0 aromatic rings. The Morgan fingerprint density at radius 1 is 1.14 bits per heavy atom. The number of hydrogen-bond acceptors (Lipinski definition) is 2. The summed E-state index contributed by atoms with van der Waals surface area (Å²) in [4.78, 5) is 14.7. The molecule has 1 saturated heterocycles. The Labute approximate surface area is 137 Å². The van der Waals surface area contributed by atoms with Gasteiger partial charge in [0.2, 0.25) is 5.91 Å². The van der Waals surface area contributed by atoms with Gasteiger partial charge in [0.25, 0.3) is 0 Å². The molecule has 1 heterocycles. The predicted octanol–water partition coefficient (Wildman–Crippen LogP) is 3.97. The van der Waals surface area contributed by atoms with E-state index in [4.69, 9.17) is 0 Å². The summed E-state index contributed by atoms with van der Waals surface area (Å²) in [6.45, 7) is 8.47. The lowest BCUT2D eigenvalue weighted by Gasteiger charge is -2.40. The third-order valence-electron chi connectivity index (χ3n) is 5.25. The Kier molecular flexibility index (Phi) is 7.20. The van der Waals surface area contributed by atoms with Crippen molar-refractivity contribution in [3.8, 4) is 0 Å². The van der Waals surface area contributed by atoms with Crippen LogP contribution in [0.25, 0.3) is 0 Å². The van der Waals surface area contributed by atoms with Crippen molar-refractivity contribution in [2.75, 3.05) is 13.1 Å². The molecule has 1 aliphatic heterocycles. The van der Waals surface area contributed by atoms with Crippen LogP contribution >= 0.6 is 0 Å². The van der Waals surface area contributed by atoms with Crippen LogP contribution in [0.15, 0.2) is 0 Å². The highest BCUT2D eigenvalue weighted by Crippen LogP contribution is 2.25. The summed E-state index contributed by atoms with van der Waals surface area (Å²) in [5, 5.41) is 3.89. The van der Waals surface area contributed by atoms with E-state index in [0.29, 0.717) is 36.2 Å². The zero-order valence-electron chi connectivity index (χ0n) is 14.9. The molecule has 22 heavy (non-hydrogen) atoms. The fraction of sp³-hybridized carbons (Fsp3) is 0.947. The van der Waals surface area contributed by atoms with Crippen molar-refractivity contribution in [3.05, 3.63) is 0 Å². The van der Waals surface area contributed by atoms with Gasteiger partial charge in [0.1, 0.15) is 0 Å². The van der Waals surface area contributed by atoms with E-state index in [9.17, 15) is 4.79 Å². The van der Waals surface area contributed by atoms with Crippen LogP contribution in [0, 0.1) is 11.8 Å². The first kappa shape index (κ1) is 17.8. The highest BCUT2D eigenvalue weighted by Gasteiger charge is 2.31. The topological polar surface area (TPSA) is 32.3 Å². The second-order valence-electron chi connectivity index (χ2n) is 7.99. The first-order valence-electron chi connectivity index (χ1n) is 9.62. The molecule has 0 aromatic carbocycles. The summed E-state index contributed by atoms with van der Waals surface area (Å²) in [6.07, 6.45) is 11.3. The maximum absolute atomic E-state index is 12.5. The van der Waals surface area contributed by atoms with Crippen molar-refractivity contribution in [3.63, 3.8) is 0 Å². The van der Waals surface area contributed by atoms with Gasteiger partial charge in [-0.25, -0.2) is 0 Å². The Hall–Kier alpha value is -0.570. The van der Waals surface area contributed by atoms with Gasteiger partial charge in [0, 0.05) is 31.6 Å². The molecule has 1 N–H and O–H groups in total. The van der Waals surface area contributed by atoms with Crippen LogP contribution < -0.4 is 5.32 Å². The minimum Gasteiger partial charge on any atom is -0.341 e. The first-order chi connectivity index (χ1) is 10.6. The molecule has 128 valence electrons. The van der Waals surface area contributed by atoms with Gasteiger partial charge in [-0.3, -0.25) is 4.79 Å². The Morgan fingerprint density at radius 2 is 1.86 bits per heavy atom. The standard InChI is InChI=1S/C19H36N2O/c1-4-8-16-12-18(20-17-9-6-5-7-10-17)14-21(13-16)19(22)11-15(2)3/h15-18,20H,4-14H2,1-3H3. The van der Waals surface area contributed by atoms with Gasteiger partial charge in [-0.2, -0.15) is 0 Å². The van der Waals surface area contributed by atoms with Crippen LogP contribution in [0.2, 0.25) is 0 Å². The summed E-state index contributed by atoms with van der Waals surface area (Å²) in [5.41, 5.74) is 0. The monoisotopic (exact) mass is 308 g/mol. The number of piperidine rings is 1. The number of rotatable bonds is 6. The second kappa shape index (κ2) is 8.90. The fourth-order valence-electron chi connectivity index (χ4n) is 4.23. The number of carbonyl (C=O) groups excluding carboxylic acids is 1. The largest absolute Gasteiger partial charge is 0.341 e. The van der Waals surface area contributed by atoms with E-state index in [1.807, 2.05) is 0 Å². The number of carbonyl (C=O) groups is 1. The summed E-state index contributed by atoms with van der Waals surface area (Å²) in [5.74, 6) is 1.52. The number of hydrogen-bond donors (Lipinski definition) is 1. The summed E-state index contributed by atoms with van der Waals surface area (Å²) in [7, 11) is 0. The van der Waals surface area contributed by atoms with Crippen molar-refractivity contribution >= 4 is 5.91 Å². The third kappa shape index (κ3) is 5.57. The zero-order valence-corrected chi connectivity index (χ0v) is 14.9. The SMILES string of the molecule is CCCC1CC(NC2CCCCC2)CN(C(=O)CC(C)C)C1. The molecule has 0 bridgehead atoms. The average molecular weight is 309 g/mol. The highest BCUT2D eigenvalue weighted by molar-refractivity contribution is 5.76. The van der Waals surface area contributed by atoms with E-state index in [1.54, 1.807) is 0 Å². The van der Waals surface area contributed by atoms with Crippen LogP contribution in [-0.2, 0) is 4.79 Å². The van der Waals surface area contributed by atoms with E-state index >= 15 is 0 Å². The average Bonchev–Trinajstić information content (AvgIpc) is 2.47. The van der Waals surface area contributed by atoms with Crippen LogP contribution in [0.5, 0.6) is 0 Å². The minimum atomic E-state index is 0.367. The Balaban J connectivity index is 1.91. The van der Waals surface area contributed by atoms with Crippen molar-refractivity contribution in [2.45, 2.75) is 90.6 Å². The van der Waals surface area contributed by atoms with Crippen LogP contribution in [-0.4, -0.2) is 36.0 Å². The van der Waals surface area contributed by atoms with Gasteiger partial charge in [-0.15, -0.1) is 0 Å². The maximum Gasteiger partial charge on any atom is 0.222 e. The molecule has 2 rings (SSSR count). The molecule has 1 saturated carbocycles. The fourth-order valence-corrected chi connectivity index (χ4v) is 4.23. The van der Waals surface area contributed by atoms with Gasteiger partial charge in [-0.05, 0) is 37.5 Å². The number of amides is 1. The molecule has 0 aromatic heterocycles. The van der Waals surface area contributed by atoms with Gasteiger partial charge in [-0.1, -0.05) is 46.5 Å². The molecule has 0 radical (unpaired) electrons. The molecule has 0 spiro atoms. The number of likely N-dealkylation sites (tertiary alicyclic amines) is 1. The third-order valence-corrected chi connectivity index (χ3v) is 5.25. The van der Waals surface area contributed by atoms with Gasteiger partial charge in [0.15, 0.2) is 0 Å². The number of nitrogens with one attached hydrogen (secondary N) is 1. The van der Waals surface area contributed by atoms with E-state index in [0.717, 1.165) is 13.1 Å². The van der Waals surface area contributed by atoms with Gasteiger partial charge in [0.05, 0.1) is 0 Å². The lowest BCUT2D eigenvalue weighted by atomic mass is 9.88. The lowest BCUT2D eigenvalue weighted by Crippen LogP contribution is -2.53. The van der Waals surface area contributed by atoms with E-state index in [1.165, 1.54) is 51.4 Å². The summed E-state index contributed by atoms with van der Waals surface area (Å²) < 4.78 is 0. The molecule has 2 unspecified atom stereocenters. The van der Waals surface area contributed by atoms with Crippen molar-refractivity contribution in [1.82, 2.24) is 10.2 Å². The molecular formula is C19H36N2O. The molecule has 1 amide bonds. The van der Waals surface area contributed by atoms with Gasteiger partial charge < -0.3 is 10.2 Å². The first-order valence-corrected chi connectivity index (χ1v) is 9.62. The highest BCUT2D eigenvalue weighted by atomic mass is 16.2. The molecular weight excluding hydrogens is 272 g/mol. The van der Waals surface area contributed by atoms with E-state index in [-0.39, 0.29) is 0 Å². The van der Waals surface area contributed by atoms with Crippen molar-refractivity contribution < 1.29 is 4.79 Å². The number of nitrogens with zero attached hydrogens (tertiary/aromatic N) is 1. The lowest BCUT2D eigenvalue weighted by molar-refractivity contribution is -0.134. The van der Waals surface area contributed by atoms with Crippen molar-refractivity contribution in [1.29, 1.82) is 0 Å². The normalized spacial score (nSPS) is 27.4. The summed E-state index contributed by atoms with van der Waals surface area (Å²) >= 11 is 0. The maximum atomic E-state index is 12.5. The van der Waals surface area contributed by atoms with Crippen LogP contribution in [0.1, 0.15) is 78.6 Å². The van der Waals surface area contributed by atoms with Crippen LogP contribution in [0.3, 0.4) is 0 Å². The second-order valence-corrected chi connectivity index (χ2v) is 7.99. The van der Waals surface area contributed by atoms with Crippen LogP contribution in [0.4, 0.5) is 0 Å². The van der Waals surface area contributed by atoms with Gasteiger partial charge >= 0.3 is 0 Å². The molecule has 2 fully saturated rings. The molecule has 3 nitrogen and oxygen atoms in total.